The number of amides is 3. The van der Waals surface area contributed by atoms with Gasteiger partial charge in [0.1, 0.15) is 18.1 Å². The number of hydrogen-bond acceptors (Lipinski definition) is 9. The van der Waals surface area contributed by atoms with Crippen LogP contribution in [0.5, 0.6) is 0 Å². The van der Waals surface area contributed by atoms with Gasteiger partial charge in [0.05, 0.1) is 6.04 Å². The van der Waals surface area contributed by atoms with Gasteiger partial charge in [0, 0.05) is 13.0 Å². The first-order valence-electron chi connectivity index (χ1n) is 12.3. The van der Waals surface area contributed by atoms with E-state index in [0.29, 0.717) is 38.1 Å². The van der Waals surface area contributed by atoms with Crippen LogP contribution >= 0.6 is 11.8 Å². The molecule has 0 saturated heterocycles. The Morgan fingerprint density at radius 2 is 1.42 bits per heavy atom. The van der Waals surface area contributed by atoms with Crippen molar-refractivity contribution in [2.45, 2.75) is 75.5 Å². The summed E-state index contributed by atoms with van der Waals surface area (Å²) in [4.78, 5) is 60.9. The van der Waals surface area contributed by atoms with Crippen molar-refractivity contribution < 1.29 is 34.2 Å². The number of nitrogens with two attached hydrogens (primary N) is 3. The van der Waals surface area contributed by atoms with Gasteiger partial charge in [0.2, 0.25) is 17.7 Å². The van der Waals surface area contributed by atoms with Crippen LogP contribution in [-0.2, 0) is 24.0 Å². The van der Waals surface area contributed by atoms with E-state index < -0.39 is 60.2 Å². The Morgan fingerprint density at radius 1 is 0.842 bits per heavy atom. The van der Waals surface area contributed by atoms with Gasteiger partial charge in [-0.1, -0.05) is 0 Å². The van der Waals surface area contributed by atoms with Crippen LogP contribution < -0.4 is 38.5 Å². The molecule has 0 saturated carbocycles. The van der Waals surface area contributed by atoms with Gasteiger partial charge >= 0.3 is 11.9 Å². The van der Waals surface area contributed by atoms with Crippen LogP contribution in [0.4, 0.5) is 0 Å². The molecule has 0 aromatic heterocycles. The van der Waals surface area contributed by atoms with Crippen molar-refractivity contribution in [2.75, 3.05) is 25.1 Å². The molecule has 0 rings (SSSR count). The Kier molecular flexibility index (Phi) is 18.3. The second-order valence-electron chi connectivity index (χ2n) is 8.61. The van der Waals surface area contributed by atoms with Gasteiger partial charge in [-0.05, 0) is 63.5 Å². The number of carbonyl (C=O) groups excluding carboxylic acids is 3. The number of carboxylic acid groups (broad SMARTS) is 2. The molecule has 16 heteroatoms. The summed E-state index contributed by atoms with van der Waals surface area (Å²) in [6, 6.07) is -4.48. The molecule has 15 nitrogen and oxygen atoms in total. The summed E-state index contributed by atoms with van der Waals surface area (Å²) >= 11 is 1.41. The third kappa shape index (κ3) is 15.9. The summed E-state index contributed by atoms with van der Waals surface area (Å²) in [6.45, 7) is 0.739. The maximum Gasteiger partial charge on any atom is 0.326 e. The smallest absolute Gasteiger partial charge is 0.326 e. The molecule has 0 spiro atoms. The molecule has 0 aromatic carbocycles. The van der Waals surface area contributed by atoms with Crippen LogP contribution in [0.1, 0.15) is 51.4 Å². The highest BCUT2D eigenvalue weighted by atomic mass is 32.2. The molecule has 0 bridgehead atoms. The molecule has 218 valence electrons. The van der Waals surface area contributed by atoms with Gasteiger partial charge in [-0.2, -0.15) is 11.8 Å². The minimum Gasteiger partial charge on any atom is -0.481 e. The third-order valence-corrected chi connectivity index (χ3v) is 6.07. The van der Waals surface area contributed by atoms with Gasteiger partial charge in [-0.15, -0.1) is 0 Å². The number of carbonyl (C=O) groups is 5. The summed E-state index contributed by atoms with van der Waals surface area (Å²) in [6.07, 6.45) is 3.28. The van der Waals surface area contributed by atoms with Crippen LogP contribution in [0.15, 0.2) is 0 Å². The Morgan fingerprint density at radius 3 is 1.95 bits per heavy atom. The normalized spacial score (nSPS) is 13.9. The predicted octanol–water partition coefficient (Wildman–Crippen LogP) is -2.14. The average Bonchev–Trinajstić information content (AvgIpc) is 2.85. The van der Waals surface area contributed by atoms with Crippen LogP contribution in [0.25, 0.3) is 0 Å². The molecule has 0 aliphatic heterocycles. The number of aliphatic carboxylic acids is 2. The quantitative estimate of drug-likeness (QED) is 0.0408. The van der Waals surface area contributed by atoms with Gasteiger partial charge < -0.3 is 48.7 Å². The molecule has 3 amide bonds. The van der Waals surface area contributed by atoms with Gasteiger partial charge in [-0.3, -0.25) is 24.6 Å². The number of carboxylic acids is 2. The van der Waals surface area contributed by atoms with Crippen molar-refractivity contribution >= 4 is 47.4 Å². The first-order valence-corrected chi connectivity index (χ1v) is 13.7. The van der Waals surface area contributed by atoms with Gasteiger partial charge in [0.25, 0.3) is 0 Å². The third-order valence-electron chi connectivity index (χ3n) is 5.43. The topological polar surface area (TPSA) is 276 Å². The Labute approximate surface area is 226 Å². The van der Waals surface area contributed by atoms with E-state index in [4.69, 9.17) is 27.7 Å². The fraction of sp³-hybridized carbons (Fsp3) is 0.727. The van der Waals surface area contributed by atoms with Crippen molar-refractivity contribution in [2.24, 2.45) is 17.2 Å². The lowest BCUT2D eigenvalue weighted by Gasteiger charge is -2.25. The summed E-state index contributed by atoms with van der Waals surface area (Å²) in [7, 11) is 0. The molecule has 0 unspecified atom stereocenters. The molecule has 0 heterocycles. The average molecular weight is 563 g/mol. The maximum absolute atomic E-state index is 13.1. The Bertz CT molecular complexity index is 802. The monoisotopic (exact) mass is 562 g/mol. The van der Waals surface area contributed by atoms with Crippen LogP contribution in [0, 0.1) is 5.41 Å². The molecule has 38 heavy (non-hydrogen) atoms. The summed E-state index contributed by atoms with van der Waals surface area (Å²) < 4.78 is 0. The summed E-state index contributed by atoms with van der Waals surface area (Å²) in [5, 5.41) is 35.4. The maximum atomic E-state index is 13.1. The van der Waals surface area contributed by atoms with E-state index in [2.05, 4.69) is 21.3 Å². The van der Waals surface area contributed by atoms with E-state index in [0.717, 1.165) is 0 Å². The van der Waals surface area contributed by atoms with Crippen LogP contribution in [0.3, 0.4) is 0 Å². The zero-order valence-electron chi connectivity index (χ0n) is 21.7. The van der Waals surface area contributed by atoms with Crippen molar-refractivity contribution in [1.29, 1.82) is 5.41 Å². The van der Waals surface area contributed by atoms with E-state index in [-0.39, 0.29) is 31.6 Å². The largest absolute Gasteiger partial charge is 0.481 e. The van der Waals surface area contributed by atoms with Crippen LogP contribution in [0.2, 0.25) is 0 Å². The molecule has 0 aliphatic carbocycles. The number of thioether (sulfide) groups is 1. The van der Waals surface area contributed by atoms with Gasteiger partial charge in [-0.25, -0.2) is 4.79 Å². The van der Waals surface area contributed by atoms with E-state index in [1.54, 1.807) is 6.26 Å². The molecule has 0 aromatic rings. The summed E-state index contributed by atoms with van der Waals surface area (Å²) in [5.41, 5.74) is 16.7. The second-order valence-corrected chi connectivity index (χ2v) is 9.59. The molecule has 4 atom stereocenters. The second kappa shape index (κ2) is 19.9. The standard InChI is InChI=1S/C22H42N8O7S/c1-38-12-9-15(20(35)30-16(21(36)37)7-8-17(31)32)29-19(34)14(6-2-3-10-23)28-18(33)13(24)5-4-11-27-22(25)26/h13-16H,2-12,23-24H2,1H3,(H,28,33)(H,29,34)(H,30,35)(H,31,32)(H,36,37)(H4,25,26,27)/t13-,14-,15-,16-/m0/s1. The minimum atomic E-state index is -1.44. The lowest BCUT2D eigenvalue weighted by atomic mass is 10.1. The molecule has 0 aliphatic rings. The lowest BCUT2D eigenvalue weighted by Crippen LogP contribution is -2.57. The van der Waals surface area contributed by atoms with Crippen molar-refractivity contribution in [1.82, 2.24) is 21.3 Å². The van der Waals surface area contributed by atoms with E-state index in [1.807, 2.05) is 0 Å². The van der Waals surface area contributed by atoms with Crippen molar-refractivity contribution in [3.05, 3.63) is 0 Å². The lowest BCUT2D eigenvalue weighted by molar-refractivity contribution is -0.143. The first-order chi connectivity index (χ1) is 17.9. The van der Waals surface area contributed by atoms with Crippen molar-refractivity contribution in [3.63, 3.8) is 0 Å². The molecule has 0 fully saturated rings. The zero-order valence-corrected chi connectivity index (χ0v) is 22.5. The highest BCUT2D eigenvalue weighted by Crippen LogP contribution is 2.07. The number of nitrogens with one attached hydrogen (secondary N) is 5. The van der Waals surface area contributed by atoms with E-state index in [1.165, 1.54) is 11.8 Å². The molecule has 0 radical (unpaired) electrons. The fourth-order valence-corrected chi connectivity index (χ4v) is 3.76. The molecular weight excluding hydrogens is 520 g/mol. The van der Waals surface area contributed by atoms with E-state index in [9.17, 15) is 29.1 Å². The number of unbranched alkanes of at least 4 members (excludes halogenated alkanes) is 1. The van der Waals surface area contributed by atoms with Gasteiger partial charge in [0.15, 0.2) is 5.96 Å². The SMILES string of the molecule is CSCC[C@H](NC(=O)[C@H](CCCCN)NC(=O)[C@@H](N)CCCNC(=N)N)C(=O)N[C@@H](CCC(=O)O)C(=O)O. The van der Waals surface area contributed by atoms with Crippen molar-refractivity contribution in [3.8, 4) is 0 Å². The number of hydrogen-bond donors (Lipinski definition) is 10. The molecular formula is C22H42N8O7S. The predicted molar refractivity (Wildman–Crippen MR) is 143 cm³/mol. The molecule has 13 N–H and O–H groups in total. The highest BCUT2D eigenvalue weighted by molar-refractivity contribution is 7.98. The number of guanidine groups is 1. The summed E-state index contributed by atoms with van der Waals surface area (Å²) in [5.74, 6) is -4.31. The zero-order chi connectivity index (χ0) is 29.1. The fourth-order valence-electron chi connectivity index (χ4n) is 3.29. The van der Waals surface area contributed by atoms with Crippen LogP contribution in [-0.4, -0.2) is 95.1 Å². The first kappa shape index (κ1) is 34.9. The minimum absolute atomic E-state index is 0.177. The van der Waals surface area contributed by atoms with E-state index >= 15 is 0 Å². The Hall–Kier alpha value is -3.11. The highest BCUT2D eigenvalue weighted by Gasteiger charge is 2.30. The Balaban J connectivity index is 5.39. The number of rotatable bonds is 21.